The van der Waals surface area contributed by atoms with Crippen LogP contribution in [-0.4, -0.2) is 24.8 Å². The van der Waals surface area contributed by atoms with Gasteiger partial charge in [-0.2, -0.15) is 9.61 Å². The van der Waals surface area contributed by atoms with E-state index in [1.807, 2.05) is 0 Å². The zero-order valence-electron chi connectivity index (χ0n) is 8.46. The minimum absolute atomic E-state index is 0.484. The molecule has 84 valence electrons. The van der Waals surface area contributed by atoms with Crippen LogP contribution < -0.4 is 5.56 Å². The van der Waals surface area contributed by atoms with Crippen molar-refractivity contribution < 1.29 is 4.39 Å². The van der Waals surface area contributed by atoms with Crippen molar-refractivity contribution in [2.75, 3.05) is 0 Å². The van der Waals surface area contributed by atoms with Gasteiger partial charge in [-0.3, -0.25) is 4.79 Å². The van der Waals surface area contributed by atoms with E-state index in [4.69, 9.17) is 0 Å². The second kappa shape index (κ2) is 3.48. The van der Waals surface area contributed by atoms with Crippen LogP contribution in [0, 0.1) is 5.82 Å². The predicted molar refractivity (Wildman–Crippen MR) is 56.8 cm³/mol. The van der Waals surface area contributed by atoms with Crippen molar-refractivity contribution in [2.24, 2.45) is 0 Å². The Balaban J connectivity index is 2.19. The van der Waals surface area contributed by atoms with Gasteiger partial charge in [-0.25, -0.2) is 4.39 Å². The SMILES string of the molecule is O=c1[nH]cc(-c2ccc3nncn3n2)cc1F. The zero-order valence-corrected chi connectivity index (χ0v) is 8.46. The summed E-state index contributed by atoms with van der Waals surface area (Å²) in [5, 5.41) is 11.7. The third kappa shape index (κ3) is 1.57. The summed E-state index contributed by atoms with van der Waals surface area (Å²) in [5.74, 6) is -0.840. The molecule has 3 heterocycles. The minimum atomic E-state index is -0.840. The van der Waals surface area contributed by atoms with Crippen molar-refractivity contribution in [3.05, 3.63) is 46.9 Å². The first kappa shape index (κ1) is 9.64. The molecular formula is C10H6FN5O. The number of H-pyrrole nitrogens is 1. The van der Waals surface area contributed by atoms with Crippen molar-refractivity contribution in [2.45, 2.75) is 0 Å². The molecule has 0 aliphatic rings. The highest BCUT2D eigenvalue weighted by molar-refractivity contribution is 5.58. The molecule has 0 unspecified atom stereocenters. The number of aromatic amines is 1. The van der Waals surface area contributed by atoms with Crippen molar-refractivity contribution in [1.82, 2.24) is 24.8 Å². The van der Waals surface area contributed by atoms with Gasteiger partial charge in [-0.05, 0) is 18.2 Å². The third-order valence-electron chi connectivity index (χ3n) is 2.32. The number of aromatic nitrogens is 5. The topological polar surface area (TPSA) is 75.9 Å². The van der Waals surface area contributed by atoms with Gasteiger partial charge in [-0.1, -0.05) is 0 Å². The highest BCUT2D eigenvalue weighted by Crippen LogP contribution is 2.15. The van der Waals surface area contributed by atoms with Crippen molar-refractivity contribution in [3.8, 4) is 11.3 Å². The zero-order chi connectivity index (χ0) is 11.8. The van der Waals surface area contributed by atoms with Gasteiger partial charge in [0.05, 0.1) is 5.69 Å². The smallest absolute Gasteiger partial charge is 0.283 e. The normalized spacial score (nSPS) is 10.9. The molecule has 0 saturated heterocycles. The number of nitrogens with zero attached hydrogens (tertiary/aromatic N) is 4. The van der Waals surface area contributed by atoms with Crippen LogP contribution in [0.4, 0.5) is 4.39 Å². The molecule has 0 radical (unpaired) electrons. The van der Waals surface area contributed by atoms with Gasteiger partial charge in [-0.15, -0.1) is 10.2 Å². The summed E-state index contributed by atoms with van der Waals surface area (Å²) < 4.78 is 14.6. The lowest BCUT2D eigenvalue weighted by Crippen LogP contribution is -2.09. The van der Waals surface area contributed by atoms with Gasteiger partial charge in [0.15, 0.2) is 11.5 Å². The maximum Gasteiger partial charge on any atom is 0.283 e. The molecule has 0 amide bonds. The Kier molecular flexibility index (Phi) is 1.97. The molecule has 0 aliphatic heterocycles. The van der Waals surface area contributed by atoms with Crippen LogP contribution in [0.1, 0.15) is 0 Å². The van der Waals surface area contributed by atoms with E-state index in [-0.39, 0.29) is 0 Å². The molecular weight excluding hydrogens is 225 g/mol. The Morgan fingerprint density at radius 1 is 1.35 bits per heavy atom. The molecule has 3 rings (SSSR count). The lowest BCUT2D eigenvalue weighted by atomic mass is 10.2. The molecule has 1 N–H and O–H groups in total. The van der Waals surface area contributed by atoms with E-state index < -0.39 is 11.4 Å². The monoisotopic (exact) mass is 231 g/mol. The van der Waals surface area contributed by atoms with E-state index in [9.17, 15) is 9.18 Å². The Labute approximate surface area is 93.7 Å². The number of hydrogen-bond donors (Lipinski definition) is 1. The molecule has 0 atom stereocenters. The highest BCUT2D eigenvalue weighted by Gasteiger charge is 2.05. The third-order valence-corrected chi connectivity index (χ3v) is 2.32. The van der Waals surface area contributed by atoms with E-state index in [2.05, 4.69) is 20.3 Å². The molecule has 0 fully saturated rings. The maximum absolute atomic E-state index is 13.1. The van der Waals surface area contributed by atoms with Crippen molar-refractivity contribution in [3.63, 3.8) is 0 Å². The van der Waals surface area contributed by atoms with Crippen molar-refractivity contribution >= 4 is 5.65 Å². The lowest BCUT2D eigenvalue weighted by Gasteiger charge is -2.00. The predicted octanol–water partition coefficient (Wildman–Crippen LogP) is 0.619. The van der Waals surface area contributed by atoms with E-state index in [1.165, 1.54) is 17.0 Å². The van der Waals surface area contributed by atoms with Crippen LogP contribution >= 0.6 is 0 Å². The van der Waals surface area contributed by atoms with Gasteiger partial charge >= 0.3 is 0 Å². The Morgan fingerprint density at radius 3 is 3.06 bits per heavy atom. The van der Waals surface area contributed by atoms with Gasteiger partial charge in [0, 0.05) is 11.8 Å². The van der Waals surface area contributed by atoms with E-state index in [0.29, 0.717) is 16.9 Å². The summed E-state index contributed by atoms with van der Waals surface area (Å²) in [7, 11) is 0. The summed E-state index contributed by atoms with van der Waals surface area (Å²) in [6.45, 7) is 0. The fourth-order valence-corrected chi connectivity index (χ4v) is 1.49. The molecule has 0 saturated carbocycles. The van der Waals surface area contributed by atoms with Gasteiger partial charge in [0.25, 0.3) is 5.56 Å². The number of pyridine rings is 1. The summed E-state index contributed by atoms with van der Waals surface area (Å²) in [6, 6.07) is 4.52. The van der Waals surface area contributed by atoms with Crippen LogP contribution in [-0.2, 0) is 0 Å². The second-order valence-electron chi connectivity index (χ2n) is 3.42. The second-order valence-corrected chi connectivity index (χ2v) is 3.42. The molecule has 6 nitrogen and oxygen atoms in total. The highest BCUT2D eigenvalue weighted by atomic mass is 19.1. The van der Waals surface area contributed by atoms with Crippen LogP contribution in [0.2, 0.25) is 0 Å². The molecule has 0 aromatic carbocycles. The molecule has 3 aromatic rings. The Morgan fingerprint density at radius 2 is 2.24 bits per heavy atom. The molecule has 0 aliphatic carbocycles. The average molecular weight is 231 g/mol. The quantitative estimate of drug-likeness (QED) is 0.666. The van der Waals surface area contributed by atoms with Gasteiger partial charge in [0.1, 0.15) is 6.33 Å². The number of fused-ring (bicyclic) bond motifs is 1. The Hall–Kier alpha value is -2.57. The number of halogens is 1. The first-order valence-corrected chi connectivity index (χ1v) is 4.80. The van der Waals surface area contributed by atoms with Gasteiger partial charge < -0.3 is 4.98 Å². The van der Waals surface area contributed by atoms with E-state index in [1.54, 1.807) is 12.1 Å². The number of nitrogens with one attached hydrogen (secondary N) is 1. The van der Waals surface area contributed by atoms with E-state index >= 15 is 0 Å². The molecule has 3 aromatic heterocycles. The average Bonchev–Trinajstić information content (AvgIpc) is 2.79. The molecule has 0 spiro atoms. The fraction of sp³-hybridized carbons (Fsp3) is 0. The first-order valence-electron chi connectivity index (χ1n) is 4.80. The standard InChI is InChI=1S/C10H6FN5O/c11-7-3-6(4-12-10(7)17)8-1-2-9-14-13-5-16(9)15-8/h1-5H,(H,12,17). The minimum Gasteiger partial charge on any atom is -0.326 e. The van der Waals surface area contributed by atoms with Gasteiger partial charge in [0.2, 0.25) is 0 Å². The summed E-state index contributed by atoms with van der Waals surface area (Å²) in [6.07, 6.45) is 2.85. The largest absolute Gasteiger partial charge is 0.326 e. The molecule has 17 heavy (non-hydrogen) atoms. The van der Waals surface area contributed by atoms with Crippen molar-refractivity contribution in [1.29, 1.82) is 0 Å². The first-order chi connectivity index (χ1) is 8.24. The van der Waals surface area contributed by atoms with Crippen LogP contribution in [0.15, 0.2) is 35.5 Å². The van der Waals surface area contributed by atoms with Crippen LogP contribution in [0.25, 0.3) is 16.9 Å². The number of rotatable bonds is 1. The summed E-state index contributed by atoms with van der Waals surface area (Å²) >= 11 is 0. The number of hydrogen-bond acceptors (Lipinski definition) is 4. The summed E-state index contributed by atoms with van der Waals surface area (Å²) in [4.78, 5) is 13.2. The molecule has 7 heteroatoms. The Bertz CT molecular complexity index is 748. The van der Waals surface area contributed by atoms with Crippen LogP contribution in [0.5, 0.6) is 0 Å². The lowest BCUT2D eigenvalue weighted by molar-refractivity contribution is 0.609. The maximum atomic E-state index is 13.1. The van der Waals surface area contributed by atoms with Crippen LogP contribution in [0.3, 0.4) is 0 Å². The summed E-state index contributed by atoms with van der Waals surface area (Å²) in [5.41, 5.74) is 0.850. The fourth-order valence-electron chi connectivity index (χ4n) is 1.49. The molecule has 0 bridgehead atoms. The van der Waals surface area contributed by atoms with E-state index in [0.717, 1.165) is 6.07 Å².